The normalized spacial score (nSPS) is 12.3. The van der Waals surface area contributed by atoms with Crippen molar-refractivity contribution in [2.45, 2.75) is 18.6 Å². The number of aromatic nitrogens is 2. The lowest BCUT2D eigenvalue weighted by Crippen LogP contribution is -2.07. The van der Waals surface area contributed by atoms with Crippen LogP contribution in [-0.4, -0.2) is 23.3 Å². The zero-order chi connectivity index (χ0) is 14.0. The van der Waals surface area contributed by atoms with Crippen LogP contribution in [0.5, 0.6) is 0 Å². The molecule has 2 aromatic rings. The Morgan fingerprint density at radius 3 is 2.68 bits per heavy atom. The number of fused-ring (bicyclic) bond motifs is 1. The molecule has 0 unspecified atom stereocenters. The number of alkyl halides is 4. The minimum atomic E-state index is -4.37. The Kier molecular flexibility index (Phi) is 4.01. The van der Waals surface area contributed by atoms with Crippen molar-refractivity contribution in [3.05, 3.63) is 29.6 Å². The smallest absolute Gasteiger partial charge is 0.383 e. The SMILES string of the molecule is COCCn1c(CCl)nc2cc(C(F)(F)F)ccc21. The summed E-state index contributed by atoms with van der Waals surface area (Å²) in [5, 5.41) is 0. The Morgan fingerprint density at radius 2 is 2.11 bits per heavy atom. The highest BCUT2D eigenvalue weighted by atomic mass is 35.5. The van der Waals surface area contributed by atoms with Gasteiger partial charge in [-0.05, 0) is 18.2 Å². The molecule has 0 bridgehead atoms. The molecule has 3 nitrogen and oxygen atoms in total. The number of nitrogens with zero attached hydrogens (tertiary/aromatic N) is 2. The number of hydrogen-bond acceptors (Lipinski definition) is 2. The molecule has 0 aliphatic carbocycles. The first-order valence-corrected chi connectivity index (χ1v) is 6.12. The van der Waals surface area contributed by atoms with Crippen LogP contribution in [0.3, 0.4) is 0 Å². The number of hydrogen-bond donors (Lipinski definition) is 0. The molecule has 0 spiro atoms. The van der Waals surface area contributed by atoms with Crippen molar-refractivity contribution in [1.82, 2.24) is 9.55 Å². The van der Waals surface area contributed by atoms with Crippen LogP contribution < -0.4 is 0 Å². The van der Waals surface area contributed by atoms with Gasteiger partial charge in [-0.1, -0.05) is 0 Å². The minimum Gasteiger partial charge on any atom is -0.383 e. The van der Waals surface area contributed by atoms with E-state index in [1.807, 2.05) is 0 Å². The molecule has 19 heavy (non-hydrogen) atoms. The van der Waals surface area contributed by atoms with Crippen molar-refractivity contribution in [1.29, 1.82) is 0 Å². The number of methoxy groups -OCH3 is 1. The standard InChI is InChI=1S/C12H12ClF3N2O/c1-19-5-4-18-10-3-2-8(12(14,15)16)6-9(10)17-11(18)7-13/h2-3,6H,4-5,7H2,1H3. The van der Waals surface area contributed by atoms with Crippen molar-refractivity contribution in [3.63, 3.8) is 0 Å². The molecule has 1 heterocycles. The quantitative estimate of drug-likeness (QED) is 0.807. The monoisotopic (exact) mass is 292 g/mol. The maximum Gasteiger partial charge on any atom is 0.416 e. The van der Waals surface area contributed by atoms with Crippen molar-refractivity contribution in [2.75, 3.05) is 13.7 Å². The Labute approximate surface area is 112 Å². The Balaban J connectivity index is 2.51. The summed E-state index contributed by atoms with van der Waals surface area (Å²) >= 11 is 5.77. The predicted octanol–water partition coefficient (Wildman–Crippen LogP) is 3.44. The van der Waals surface area contributed by atoms with E-state index in [0.717, 1.165) is 12.1 Å². The second kappa shape index (κ2) is 5.38. The fourth-order valence-corrected chi connectivity index (χ4v) is 2.09. The summed E-state index contributed by atoms with van der Waals surface area (Å²) in [5.41, 5.74) is 0.208. The van der Waals surface area contributed by atoms with Crippen LogP contribution in [-0.2, 0) is 23.3 Å². The average molecular weight is 293 g/mol. The third-order valence-electron chi connectivity index (χ3n) is 2.79. The van der Waals surface area contributed by atoms with E-state index < -0.39 is 11.7 Å². The predicted molar refractivity (Wildman–Crippen MR) is 66.2 cm³/mol. The van der Waals surface area contributed by atoms with Crippen LogP contribution in [0.2, 0.25) is 0 Å². The summed E-state index contributed by atoms with van der Waals surface area (Å²) in [6.07, 6.45) is -4.37. The number of ether oxygens (including phenoxy) is 1. The molecule has 2 rings (SSSR count). The molecule has 0 aliphatic rings. The largest absolute Gasteiger partial charge is 0.416 e. The summed E-state index contributed by atoms with van der Waals surface area (Å²) < 4.78 is 44.6. The van der Waals surface area contributed by atoms with E-state index in [2.05, 4.69) is 4.98 Å². The minimum absolute atomic E-state index is 0.139. The summed E-state index contributed by atoms with van der Waals surface area (Å²) in [6.45, 7) is 0.941. The molecule has 1 aromatic carbocycles. The third kappa shape index (κ3) is 2.84. The first kappa shape index (κ1) is 14.1. The van der Waals surface area contributed by atoms with Gasteiger partial charge in [0.05, 0.1) is 29.1 Å². The highest BCUT2D eigenvalue weighted by Gasteiger charge is 2.31. The van der Waals surface area contributed by atoms with E-state index in [-0.39, 0.29) is 5.88 Å². The number of benzene rings is 1. The maximum atomic E-state index is 12.6. The van der Waals surface area contributed by atoms with E-state index in [4.69, 9.17) is 16.3 Å². The van der Waals surface area contributed by atoms with Gasteiger partial charge in [0, 0.05) is 13.7 Å². The third-order valence-corrected chi connectivity index (χ3v) is 3.03. The molecule has 0 aliphatic heterocycles. The highest BCUT2D eigenvalue weighted by molar-refractivity contribution is 6.16. The molecule has 0 atom stereocenters. The van der Waals surface area contributed by atoms with E-state index in [1.165, 1.54) is 6.07 Å². The van der Waals surface area contributed by atoms with E-state index in [0.29, 0.717) is 30.0 Å². The second-order valence-electron chi connectivity index (χ2n) is 4.01. The topological polar surface area (TPSA) is 27.1 Å². The summed E-state index contributed by atoms with van der Waals surface area (Å²) in [7, 11) is 1.56. The molecule has 7 heteroatoms. The zero-order valence-electron chi connectivity index (χ0n) is 10.2. The molecule has 1 aromatic heterocycles. The highest BCUT2D eigenvalue weighted by Crippen LogP contribution is 2.31. The fraction of sp³-hybridized carbons (Fsp3) is 0.417. The van der Waals surface area contributed by atoms with Crippen molar-refractivity contribution < 1.29 is 17.9 Å². The zero-order valence-corrected chi connectivity index (χ0v) is 10.9. The molecule has 0 saturated heterocycles. The van der Waals surface area contributed by atoms with Crippen LogP contribution in [0, 0.1) is 0 Å². The summed E-state index contributed by atoms with van der Waals surface area (Å²) in [4.78, 5) is 4.13. The lowest BCUT2D eigenvalue weighted by Gasteiger charge is -2.08. The molecular weight excluding hydrogens is 281 g/mol. The van der Waals surface area contributed by atoms with Crippen LogP contribution in [0.25, 0.3) is 11.0 Å². The first-order chi connectivity index (χ1) is 8.97. The van der Waals surface area contributed by atoms with Gasteiger partial charge in [-0.3, -0.25) is 0 Å². The van der Waals surface area contributed by atoms with Gasteiger partial charge in [0.1, 0.15) is 5.82 Å². The van der Waals surface area contributed by atoms with Crippen molar-refractivity contribution in [2.24, 2.45) is 0 Å². The molecular formula is C12H12ClF3N2O. The second-order valence-corrected chi connectivity index (χ2v) is 4.27. The molecule has 0 saturated carbocycles. The Morgan fingerprint density at radius 1 is 1.37 bits per heavy atom. The summed E-state index contributed by atoms with van der Waals surface area (Å²) in [6, 6.07) is 3.50. The number of rotatable bonds is 4. The van der Waals surface area contributed by atoms with E-state index in [1.54, 1.807) is 11.7 Å². The summed E-state index contributed by atoms with van der Waals surface area (Å²) in [5.74, 6) is 0.674. The lowest BCUT2D eigenvalue weighted by atomic mass is 10.2. The Bertz CT molecular complexity index is 580. The van der Waals surface area contributed by atoms with Gasteiger partial charge in [0.2, 0.25) is 0 Å². The van der Waals surface area contributed by atoms with E-state index >= 15 is 0 Å². The number of imidazole rings is 1. The fourth-order valence-electron chi connectivity index (χ4n) is 1.89. The van der Waals surface area contributed by atoms with E-state index in [9.17, 15) is 13.2 Å². The molecule has 0 radical (unpaired) electrons. The maximum absolute atomic E-state index is 12.6. The van der Waals surface area contributed by atoms with Crippen LogP contribution in [0.1, 0.15) is 11.4 Å². The van der Waals surface area contributed by atoms with Gasteiger partial charge in [0.15, 0.2) is 0 Å². The van der Waals surface area contributed by atoms with Gasteiger partial charge in [0.25, 0.3) is 0 Å². The molecule has 0 N–H and O–H groups in total. The lowest BCUT2D eigenvalue weighted by molar-refractivity contribution is -0.137. The van der Waals surface area contributed by atoms with Crippen LogP contribution >= 0.6 is 11.6 Å². The Hall–Kier alpha value is -1.27. The number of halogens is 4. The van der Waals surface area contributed by atoms with Gasteiger partial charge in [-0.15, -0.1) is 11.6 Å². The van der Waals surface area contributed by atoms with Crippen molar-refractivity contribution in [3.8, 4) is 0 Å². The average Bonchev–Trinajstić information content (AvgIpc) is 2.72. The van der Waals surface area contributed by atoms with Gasteiger partial charge >= 0.3 is 6.18 Å². The van der Waals surface area contributed by atoms with Gasteiger partial charge < -0.3 is 9.30 Å². The van der Waals surface area contributed by atoms with Gasteiger partial charge in [-0.25, -0.2) is 4.98 Å². The van der Waals surface area contributed by atoms with Crippen LogP contribution in [0.4, 0.5) is 13.2 Å². The molecule has 0 amide bonds. The molecule has 104 valence electrons. The van der Waals surface area contributed by atoms with Gasteiger partial charge in [-0.2, -0.15) is 13.2 Å². The van der Waals surface area contributed by atoms with Crippen LogP contribution in [0.15, 0.2) is 18.2 Å². The van der Waals surface area contributed by atoms with Crippen molar-refractivity contribution >= 4 is 22.6 Å². The first-order valence-electron chi connectivity index (χ1n) is 5.58. The molecule has 0 fully saturated rings.